The second-order valence-electron chi connectivity index (χ2n) is 6.61. The summed E-state index contributed by atoms with van der Waals surface area (Å²) in [7, 11) is 0. The third-order valence-corrected chi connectivity index (χ3v) is 4.31. The van der Waals surface area contributed by atoms with Gasteiger partial charge in [-0.1, -0.05) is 32.0 Å². The van der Waals surface area contributed by atoms with Crippen LogP contribution < -0.4 is 5.32 Å². The Bertz CT molecular complexity index is 442. The molecule has 3 heteroatoms. The number of halogens is 1. The Morgan fingerprint density at radius 2 is 2.16 bits per heavy atom. The molecule has 2 heterocycles. The Morgan fingerprint density at radius 1 is 1.32 bits per heavy atom. The van der Waals surface area contributed by atoms with E-state index in [9.17, 15) is 0 Å². The minimum Gasteiger partial charge on any atom is -0.384 e. The lowest BCUT2D eigenvalue weighted by atomic mass is 9.84. The van der Waals surface area contributed by atoms with Crippen molar-refractivity contribution in [1.82, 2.24) is 4.90 Å². The zero-order chi connectivity index (χ0) is 12.6. The highest BCUT2D eigenvalue weighted by Crippen LogP contribution is 2.32. The van der Waals surface area contributed by atoms with Gasteiger partial charge in [-0.25, -0.2) is 0 Å². The molecule has 19 heavy (non-hydrogen) atoms. The number of likely N-dealkylation sites (tertiary alicyclic amines) is 1. The molecular weight excluding hydrogens is 256 g/mol. The second kappa shape index (κ2) is 5.72. The first-order chi connectivity index (χ1) is 8.64. The molecule has 1 aromatic carbocycles. The Hall–Kier alpha value is -0.730. The summed E-state index contributed by atoms with van der Waals surface area (Å²) in [5.41, 5.74) is 4.90. The fourth-order valence-electron chi connectivity index (χ4n) is 3.46. The van der Waals surface area contributed by atoms with Gasteiger partial charge in [-0.2, -0.15) is 0 Å². The summed E-state index contributed by atoms with van der Waals surface area (Å²) in [4.78, 5) is 2.62. The van der Waals surface area contributed by atoms with Crippen LogP contribution in [0.25, 0.3) is 0 Å². The monoisotopic (exact) mass is 280 g/mol. The van der Waals surface area contributed by atoms with Crippen molar-refractivity contribution < 1.29 is 0 Å². The first kappa shape index (κ1) is 14.7. The Balaban J connectivity index is 0.00000133. The highest BCUT2D eigenvalue weighted by molar-refractivity contribution is 5.85. The van der Waals surface area contributed by atoms with Crippen molar-refractivity contribution in [3.8, 4) is 0 Å². The summed E-state index contributed by atoms with van der Waals surface area (Å²) in [5.74, 6) is 0. The maximum atomic E-state index is 3.55. The molecule has 2 aliphatic rings. The summed E-state index contributed by atoms with van der Waals surface area (Å²) < 4.78 is 0. The van der Waals surface area contributed by atoms with Crippen LogP contribution in [0, 0.1) is 5.41 Å². The summed E-state index contributed by atoms with van der Waals surface area (Å²) in [6, 6.07) is 6.77. The van der Waals surface area contributed by atoms with Crippen LogP contribution >= 0.6 is 12.4 Å². The van der Waals surface area contributed by atoms with Gasteiger partial charge in [-0.15, -0.1) is 12.4 Å². The first-order valence-corrected chi connectivity index (χ1v) is 7.21. The van der Waals surface area contributed by atoms with Crippen molar-refractivity contribution in [1.29, 1.82) is 0 Å². The van der Waals surface area contributed by atoms with Crippen LogP contribution in [0.3, 0.4) is 0 Å². The SMILES string of the molecule is CC1(C)CCCN(Cc2cccc3c2NCC3)C1.Cl. The molecule has 0 spiro atoms. The van der Waals surface area contributed by atoms with E-state index in [1.165, 1.54) is 49.2 Å². The van der Waals surface area contributed by atoms with Gasteiger partial charge in [0.05, 0.1) is 0 Å². The number of benzene rings is 1. The standard InChI is InChI=1S/C16H24N2.ClH/c1-16(2)8-4-10-18(12-16)11-14-6-3-5-13-7-9-17-15(13)14;/h3,5-6,17H,4,7-12H2,1-2H3;1H. The van der Waals surface area contributed by atoms with Crippen LogP contribution in [0.4, 0.5) is 5.69 Å². The molecule has 1 fully saturated rings. The molecule has 106 valence electrons. The van der Waals surface area contributed by atoms with E-state index in [1.54, 1.807) is 0 Å². The van der Waals surface area contributed by atoms with Gasteiger partial charge in [0, 0.05) is 25.3 Å². The number of anilines is 1. The number of hydrogen-bond donors (Lipinski definition) is 1. The number of para-hydroxylation sites is 1. The number of hydrogen-bond acceptors (Lipinski definition) is 2. The van der Waals surface area contributed by atoms with E-state index in [2.05, 4.69) is 42.3 Å². The lowest BCUT2D eigenvalue weighted by Crippen LogP contribution is -2.39. The van der Waals surface area contributed by atoms with Crippen LogP contribution in [0.2, 0.25) is 0 Å². The Labute approximate surface area is 123 Å². The second-order valence-corrected chi connectivity index (χ2v) is 6.61. The molecule has 0 atom stereocenters. The van der Waals surface area contributed by atoms with Gasteiger partial charge < -0.3 is 5.32 Å². The van der Waals surface area contributed by atoms with Crippen molar-refractivity contribution in [3.05, 3.63) is 29.3 Å². The molecule has 1 aromatic rings. The maximum absolute atomic E-state index is 3.55. The molecule has 2 nitrogen and oxygen atoms in total. The minimum atomic E-state index is 0. The van der Waals surface area contributed by atoms with Crippen LogP contribution in [0.1, 0.15) is 37.8 Å². The van der Waals surface area contributed by atoms with E-state index < -0.39 is 0 Å². The average molecular weight is 281 g/mol. The average Bonchev–Trinajstić information content (AvgIpc) is 2.77. The topological polar surface area (TPSA) is 15.3 Å². The van der Waals surface area contributed by atoms with E-state index in [1.807, 2.05) is 0 Å². The van der Waals surface area contributed by atoms with Gasteiger partial charge in [0.1, 0.15) is 0 Å². The highest BCUT2D eigenvalue weighted by Gasteiger charge is 2.27. The highest BCUT2D eigenvalue weighted by atomic mass is 35.5. The molecule has 1 saturated heterocycles. The molecule has 2 aliphatic heterocycles. The number of rotatable bonds is 2. The van der Waals surface area contributed by atoms with Gasteiger partial charge >= 0.3 is 0 Å². The van der Waals surface area contributed by atoms with Gasteiger partial charge in [-0.3, -0.25) is 4.90 Å². The van der Waals surface area contributed by atoms with Crippen molar-refractivity contribution in [2.75, 3.05) is 25.0 Å². The summed E-state index contributed by atoms with van der Waals surface area (Å²) in [6.07, 6.45) is 3.90. The van der Waals surface area contributed by atoms with Crippen molar-refractivity contribution in [2.45, 2.75) is 39.7 Å². The molecule has 0 aromatic heterocycles. The lowest BCUT2D eigenvalue weighted by Gasteiger charge is -2.38. The lowest BCUT2D eigenvalue weighted by molar-refractivity contribution is 0.112. The molecule has 0 saturated carbocycles. The van der Waals surface area contributed by atoms with E-state index in [-0.39, 0.29) is 12.4 Å². The van der Waals surface area contributed by atoms with Gasteiger partial charge in [-0.05, 0) is 42.3 Å². The molecular formula is C16H25ClN2. The molecule has 0 aliphatic carbocycles. The number of nitrogens with zero attached hydrogens (tertiary/aromatic N) is 1. The molecule has 0 bridgehead atoms. The third kappa shape index (κ3) is 3.24. The van der Waals surface area contributed by atoms with Gasteiger partial charge in [0.25, 0.3) is 0 Å². The molecule has 0 amide bonds. The number of piperidine rings is 1. The third-order valence-electron chi connectivity index (χ3n) is 4.31. The van der Waals surface area contributed by atoms with E-state index in [0.717, 1.165) is 13.1 Å². The van der Waals surface area contributed by atoms with E-state index in [4.69, 9.17) is 0 Å². The fraction of sp³-hybridized carbons (Fsp3) is 0.625. The molecule has 0 unspecified atom stereocenters. The summed E-state index contributed by atoms with van der Waals surface area (Å²) >= 11 is 0. The molecule has 3 rings (SSSR count). The predicted octanol–water partition coefficient (Wildman–Crippen LogP) is 3.70. The Morgan fingerprint density at radius 3 is 2.95 bits per heavy atom. The normalized spacial score (nSPS) is 21.4. The van der Waals surface area contributed by atoms with E-state index >= 15 is 0 Å². The fourth-order valence-corrected chi connectivity index (χ4v) is 3.46. The molecule has 0 radical (unpaired) electrons. The van der Waals surface area contributed by atoms with Gasteiger partial charge in [0.15, 0.2) is 0 Å². The van der Waals surface area contributed by atoms with Crippen molar-refractivity contribution in [3.63, 3.8) is 0 Å². The predicted molar refractivity (Wildman–Crippen MR) is 84.2 cm³/mol. The molecule has 1 N–H and O–H groups in total. The first-order valence-electron chi connectivity index (χ1n) is 7.21. The number of fused-ring (bicyclic) bond motifs is 1. The number of nitrogens with one attached hydrogen (secondary N) is 1. The Kier molecular flexibility index (Phi) is 4.42. The van der Waals surface area contributed by atoms with Crippen LogP contribution in [-0.4, -0.2) is 24.5 Å². The summed E-state index contributed by atoms with van der Waals surface area (Å²) in [5, 5.41) is 3.55. The zero-order valence-electron chi connectivity index (χ0n) is 12.0. The van der Waals surface area contributed by atoms with Gasteiger partial charge in [0.2, 0.25) is 0 Å². The van der Waals surface area contributed by atoms with Crippen molar-refractivity contribution in [2.24, 2.45) is 5.41 Å². The quantitative estimate of drug-likeness (QED) is 0.889. The maximum Gasteiger partial charge on any atom is 0.0419 e. The largest absolute Gasteiger partial charge is 0.384 e. The van der Waals surface area contributed by atoms with E-state index in [0.29, 0.717) is 5.41 Å². The minimum absolute atomic E-state index is 0. The van der Waals surface area contributed by atoms with Crippen LogP contribution in [-0.2, 0) is 13.0 Å². The van der Waals surface area contributed by atoms with Crippen LogP contribution in [0.15, 0.2) is 18.2 Å². The van der Waals surface area contributed by atoms with Crippen LogP contribution in [0.5, 0.6) is 0 Å². The summed E-state index contributed by atoms with van der Waals surface area (Å²) in [6.45, 7) is 9.50. The smallest absolute Gasteiger partial charge is 0.0419 e. The zero-order valence-corrected chi connectivity index (χ0v) is 12.9. The van der Waals surface area contributed by atoms with Crippen molar-refractivity contribution >= 4 is 18.1 Å².